The average Bonchev–Trinajstić information content (AvgIpc) is 3.34. The molecule has 0 spiro atoms. The summed E-state index contributed by atoms with van der Waals surface area (Å²) in [4.78, 5) is 2.57. The summed E-state index contributed by atoms with van der Waals surface area (Å²) in [5, 5.41) is 0. The minimum atomic E-state index is 0.297. The van der Waals surface area contributed by atoms with Crippen LogP contribution in [0.25, 0.3) is 0 Å². The molecule has 0 bridgehead atoms. The van der Waals surface area contributed by atoms with E-state index in [0.717, 1.165) is 11.0 Å². The van der Waals surface area contributed by atoms with E-state index in [4.69, 9.17) is 5.73 Å². The highest BCUT2D eigenvalue weighted by molar-refractivity contribution is 9.10. The highest BCUT2D eigenvalue weighted by Gasteiger charge is 2.34. The Morgan fingerprint density at radius 3 is 2.29 bits per heavy atom. The lowest BCUT2D eigenvalue weighted by Gasteiger charge is -2.31. The molecule has 2 aromatic rings. The number of hydrogen-bond acceptors (Lipinski definition) is 2. The molecule has 110 valence electrons. The van der Waals surface area contributed by atoms with Gasteiger partial charge in [0.1, 0.15) is 0 Å². The third kappa shape index (κ3) is 3.73. The molecule has 2 N–H and O–H groups in total. The lowest BCUT2D eigenvalue weighted by Crippen LogP contribution is -2.35. The molecule has 1 aliphatic rings. The lowest BCUT2D eigenvalue weighted by molar-refractivity contribution is 0.182. The van der Waals surface area contributed by atoms with E-state index in [0.29, 0.717) is 18.6 Å². The maximum atomic E-state index is 6.11. The third-order valence-corrected chi connectivity index (χ3v) is 4.63. The van der Waals surface area contributed by atoms with E-state index < -0.39 is 0 Å². The van der Waals surface area contributed by atoms with Crippen molar-refractivity contribution in [3.05, 3.63) is 70.2 Å². The summed E-state index contributed by atoms with van der Waals surface area (Å²) in [6.07, 6.45) is 2.58. The van der Waals surface area contributed by atoms with Gasteiger partial charge in [-0.2, -0.15) is 0 Å². The fourth-order valence-electron chi connectivity index (χ4n) is 2.84. The van der Waals surface area contributed by atoms with Crippen LogP contribution in [0.4, 0.5) is 0 Å². The second kappa shape index (κ2) is 6.73. The van der Waals surface area contributed by atoms with E-state index in [1.165, 1.54) is 24.0 Å². The lowest BCUT2D eigenvalue weighted by atomic mass is 10.0. The van der Waals surface area contributed by atoms with Crippen LogP contribution < -0.4 is 5.73 Å². The predicted octanol–water partition coefficient (Wildman–Crippen LogP) is 4.11. The van der Waals surface area contributed by atoms with Crippen LogP contribution in [0.15, 0.2) is 59.1 Å². The van der Waals surface area contributed by atoms with Crippen molar-refractivity contribution in [1.29, 1.82) is 0 Å². The normalized spacial score (nSPS) is 16.1. The standard InChI is InChI=1S/C18H21BrN2/c19-16-8-6-15(7-9-16)18(12-20)21(17-10-11-17)13-14-4-2-1-3-5-14/h1-9,17-18H,10-13,20H2. The topological polar surface area (TPSA) is 29.3 Å². The van der Waals surface area contributed by atoms with Crippen LogP contribution in [0.1, 0.15) is 30.0 Å². The van der Waals surface area contributed by atoms with E-state index >= 15 is 0 Å². The van der Waals surface area contributed by atoms with Crippen molar-refractivity contribution in [2.45, 2.75) is 31.5 Å². The van der Waals surface area contributed by atoms with Gasteiger partial charge < -0.3 is 5.73 Å². The Bertz CT molecular complexity index is 564. The number of halogens is 1. The van der Waals surface area contributed by atoms with Gasteiger partial charge in [0.05, 0.1) is 0 Å². The Labute approximate surface area is 135 Å². The monoisotopic (exact) mass is 344 g/mol. The van der Waals surface area contributed by atoms with Crippen LogP contribution in [0.2, 0.25) is 0 Å². The second-order valence-electron chi connectivity index (χ2n) is 5.69. The first kappa shape index (κ1) is 14.8. The van der Waals surface area contributed by atoms with Gasteiger partial charge in [-0.05, 0) is 36.1 Å². The molecule has 0 radical (unpaired) electrons. The molecule has 2 nitrogen and oxygen atoms in total. The van der Waals surface area contributed by atoms with E-state index in [-0.39, 0.29) is 0 Å². The van der Waals surface area contributed by atoms with Gasteiger partial charge in [0.25, 0.3) is 0 Å². The van der Waals surface area contributed by atoms with Crippen molar-refractivity contribution in [3.63, 3.8) is 0 Å². The van der Waals surface area contributed by atoms with Crippen LogP contribution in [0.5, 0.6) is 0 Å². The SMILES string of the molecule is NCC(c1ccc(Br)cc1)N(Cc1ccccc1)C1CC1. The van der Waals surface area contributed by atoms with Gasteiger partial charge in [0.2, 0.25) is 0 Å². The van der Waals surface area contributed by atoms with Crippen LogP contribution in [0, 0.1) is 0 Å². The Morgan fingerprint density at radius 1 is 1.05 bits per heavy atom. The number of rotatable bonds is 6. The zero-order valence-electron chi connectivity index (χ0n) is 12.1. The minimum Gasteiger partial charge on any atom is -0.329 e. The molecule has 1 unspecified atom stereocenters. The van der Waals surface area contributed by atoms with Gasteiger partial charge >= 0.3 is 0 Å². The van der Waals surface area contributed by atoms with E-state index in [2.05, 4.69) is 75.4 Å². The first-order valence-electron chi connectivity index (χ1n) is 7.53. The molecule has 21 heavy (non-hydrogen) atoms. The average molecular weight is 345 g/mol. The van der Waals surface area contributed by atoms with Crippen LogP contribution in [0.3, 0.4) is 0 Å². The summed E-state index contributed by atoms with van der Waals surface area (Å²) in [7, 11) is 0. The Kier molecular flexibility index (Phi) is 4.73. The smallest absolute Gasteiger partial charge is 0.0476 e. The summed E-state index contributed by atoms with van der Waals surface area (Å²) in [5.74, 6) is 0. The summed E-state index contributed by atoms with van der Waals surface area (Å²) in [6.45, 7) is 1.63. The molecule has 1 fully saturated rings. The highest BCUT2D eigenvalue weighted by atomic mass is 79.9. The number of nitrogens with two attached hydrogens (primary N) is 1. The largest absolute Gasteiger partial charge is 0.329 e. The molecule has 0 aromatic heterocycles. The quantitative estimate of drug-likeness (QED) is 0.854. The summed E-state index contributed by atoms with van der Waals surface area (Å²) < 4.78 is 1.11. The summed E-state index contributed by atoms with van der Waals surface area (Å²) in [5.41, 5.74) is 8.78. The van der Waals surface area contributed by atoms with Crippen molar-refractivity contribution in [2.75, 3.05) is 6.54 Å². The van der Waals surface area contributed by atoms with Crippen LogP contribution in [-0.2, 0) is 6.54 Å². The van der Waals surface area contributed by atoms with Crippen molar-refractivity contribution in [2.24, 2.45) is 5.73 Å². The fraction of sp³-hybridized carbons (Fsp3) is 0.333. The number of benzene rings is 2. The van der Waals surface area contributed by atoms with Gasteiger partial charge in [-0.15, -0.1) is 0 Å². The molecule has 1 atom stereocenters. The number of nitrogens with zero attached hydrogens (tertiary/aromatic N) is 1. The highest BCUT2D eigenvalue weighted by Crippen LogP contribution is 2.35. The van der Waals surface area contributed by atoms with Crippen molar-refractivity contribution in [3.8, 4) is 0 Å². The van der Waals surface area contributed by atoms with Crippen molar-refractivity contribution >= 4 is 15.9 Å². The maximum absolute atomic E-state index is 6.11. The Balaban J connectivity index is 1.82. The van der Waals surface area contributed by atoms with Gasteiger partial charge in [0.15, 0.2) is 0 Å². The molecule has 0 amide bonds. The molecule has 2 aromatic carbocycles. The molecule has 1 saturated carbocycles. The van der Waals surface area contributed by atoms with Gasteiger partial charge in [-0.3, -0.25) is 4.90 Å². The van der Waals surface area contributed by atoms with E-state index in [1.54, 1.807) is 0 Å². The van der Waals surface area contributed by atoms with E-state index in [9.17, 15) is 0 Å². The maximum Gasteiger partial charge on any atom is 0.0476 e. The summed E-state index contributed by atoms with van der Waals surface area (Å²) in [6, 6.07) is 20.2. The van der Waals surface area contributed by atoms with E-state index in [1.807, 2.05) is 0 Å². The molecular formula is C18H21BrN2. The molecule has 1 aliphatic carbocycles. The zero-order chi connectivity index (χ0) is 14.7. The Morgan fingerprint density at radius 2 is 1.71 bits per heavy atom. The minimum absolute atomic E-state index is 0.297. The zero-order valence-corrected chi connectivity index (χ0v) is 13.7. The predicted molar refractivity (Wildman–Crippen MR) is 90.9 cm³/mol. The molecular weight excluding hydrogens is 324 g/mol. The van der Waals surface area contributed by atoms with Crippen LogP contribution >= 0.6 is 15.9 Å². The fourth-order valence-corrected chi connectivity index (χ4v) is 3.11. The molecule has 0 heterocycles. The van der Waals surface area contributed by atoms with Crippen molar-refractivity contribution in [1.82, 2.24) is 4.90 Å². The molecule has 0 saturated heterocycles. The summed E-state index contributed by atoms with van der Waals surface area (Å²) >= 11 is 3.50. The number of hydrogen-bond donors (Lipinski definition) is 1. The first-order valence-corrected chi connectivity index (χ1v) is 8.32. The van der Waals surface area contributed by atoms with Gasteiger partial charge in [-0.25, -0.2) is 0 Å². The molecule has 3 rings (SSSR count). The van der Waals surface area contributed by atoms with Crippen LogP contribution in [-0.4, -0.2) is 17.5 Å². The third-order valence-electron chi connectivity index (χ3n) is 4.10. The van der Waals surface area contributed by atoms with Crippen molar-refractivity contribution < 1.29 is 0 Å². The van der Waals surface area contributed by atoms with Gasteiger partial charge in [0, 0.05) is 29.6 Å². The Hall–Kier alpha value is -1.16. The second-order valence-corrected chi connectivity index (χ2v) is 6.61. The van der Waals surface area contributed by atoms with Gasteiger partial charge in [-0.1, -0.05) is 58.4 Å². The molecule has 3 heteroatoms. The molecule has 0 aliphatic heterocycles. The first-order chi connectivity index (χ1) is 10.3.